The van der Waals surface area contributed by atoms with Gasteiger partial charge in [0.1, 0.15) is 5.01 Å². The Morgan fingerprint density at radius 3 is 3.06 bits per heavy atom. The number of nitrogens with zero attached hydrogens (tertiary/aromatic N) is 2. The first-order valence-electron chi connectivity index (χ1n) is 5.96. The minimum Gasteiger partial charge on any atom is -0.309 e. The van der Waals surface area contributed by atoms with E-state index < -0.39 is 0 Å². The van der Waals surface area contributed by atoms with Crippen LogP contribution in [0.3, 0.4) is 0 Å². The van der Waals surface area contributed by atoms with Crippen LogP contribution in [0.2, 0.25) is 0 Å². The smallest absolute Gasteiger partial charge is 0.142 e. The van der Waals surface area contributed by atoms with E-state index in [-0.39, 0.29) is 0 Å². The van der Waals surface area contributed by atoms with Crippen molar-refractivity contribution in [3.63, 3.8) is 0 Å². The number of nitrogens with one attached hydrogen (secondary N) is 1. The Labute approximate surface area is 105 Å². The largest absolute Gasteiger partial charge is 0.309 e. The number of hydrogen-bond acceptors (Lipinski definition) is 4. The van der Waals surface area contributed by atoms with E-state index in [0.29, 0.717) is 6.04 Å². The summed E-state index contributed by atoms with van der Waals surface area (Å²) in [5.74, 6) is 0. The van der Waals surface area contributed by atoms with Crippen LogP contribution in [-0.4, -0.2) is 16.5 Å². The van der Waals surface area contributed by atoms with E-state index in [1.807, 2.05) is 25.1 Å². The van der Waals surface area contributed by atoms with Gasteiger partial charge in [-0.25, -0.2) is 4.98 Å². The highest BCUT2D eigenvalue weighted by molar-refractivity contribution is 7.13. The van der Waals surface area contributed by atoms with Gasteiger partial charge in [0.25, 0.3) is 0 Å². The van der Waals surface area contributed by atoms with Gasteiger partial charge in [-0.15, -0.1) is 11.3 Å². The van der Waals surface area contributed by atoms with Gasteiger partial charge < -0.3 is 5.32 Å². The summed E-state index contributed by atoms with van der Waals surface area (Å²) in [4.78, 5) is 9.21. The predicted molar refractivity (Wildman–Crippen MR) is 70.1 cm³/mol. The van der Waals surface area contributed by atoms with E-state index in [9.17, 15) is 0 Å². The van der Waals surface area contributed by atoms with Gasteiger partial charge in [-0.3, -0.25) is 4.98 Å². The molecule has 1 saturated heterocycles. The van der Waals surface area contributed by atoms with Crippen LogP contribution in [0.4, 0.5) is 0 Å². The molecule has 2 aromatic rings. The number of hydrogen-bond donors (Lipinski definition) is 1. The molecule has 0 amide bonds. The Kier molecular flexibility index (Phi) is 2.91. The monoisotopic (exact) mass is 245 g/mol. The second-order valence-corrected chi connectivity index (χ2v) is 5.25. The molecule has 0 aliphatic carbocycles. The number of pyridine rings is 1. The van der Waals surface area contributed by atoms with Gasteiger partial charge in [-0.05, 0) is 38.4 Å². The minimum atomic E-state index is 0.449. The Morgan fingerprint density at radius 2 is 2.29 bits per heavy atom. The first kappa shape index (κ1) is 10.9. The van der Waals surface area contributed by atoms with Crippen molar-refractivity contribution in [3.8, 4) is 10.7 Å². The van der Waals surface area contributed by atoms with Crippen LogP contribution in [0, 0.1) is 6.92 Å². The van der Waals surface area contributed by atoms with E-state index in [1.165, 1.54) is 18.5 Å². The fraction of sp³-hybridized carbons (Fsp3) is 0.385. The van der Waals surface area contributed by atoms with Gasteiger partial charge in [0.15, 0.2) is 0 Å². The number of aryl methyl sites for hydroxylation is 1. The summed E-state index contributed by atoms with van der Waals surface area (Å²) < 4.78 is 0. The second kappa shape index (κ2) is 4.55. The zero-order valence-electron chi connectivity index (χ0n) is 9.81. The molecule has 1 fully saturated rings. The standard InChI is InChI=1S/C13H15N3S/c1-9-4-2-5-11(15-9)13-16-12(8-17-13)10-6-3-7-14-10/h2,4-5,8,10,14H,3,6-7H2,1H3/t10-/m0/s1. The lowest BCUT2D eigenvalue weighted by Gasteiger charge is -2.04. The molecular weight excluding hydrogens is 230 g/mol. The van der Waals surface area contributed by atoms with Crippen LogP contribution in [0.5, 0.6) is 0 Å². The van der Waals surface area contributed by atoms with Crippen molar-refractivity contribution in [2.24, 2.45) is 0 Å². The molecule has 17 heavy (non-hydrogen) atoms. The lowest BCUT2D eigenvalue weighted by atomic mass is 10.2. The van der Waals surface area contributed by atoms with Gasteiger partial charge >= 0.3 is 0 Å². The molecule has 3 nitrogen and oxygen atoms in total. The third-order valence-corrected chi connectivity index (χ3v) is 3.93. The number of rotatable bonds is 2. The first-order valence-corrected chi connectivity index (χ1v) is 6.84. The topological polar surface area (TPSA) is 37.8 Å². The van der Waals surface area contributed by atoms with Crippen molar-refractivity contribution in [2.45, 2.75) is 25.8 Å². The predicted octanol–water partition coefficient (Wildman–Crippen LogP) is 2.94. The SMILES string of the molecule is Cc1cccc(-c2nc([C@@H]3CCCN3)cs2)n1. The van der Waals surface area contributed by atoms with Crippen molar-refractivity contribution in [2.75, 3.05) is 6.54 Å². The average molecular weight is 245 g/mol. The third kappa shape index (κ3) is 2.23. The molecular formula is C13H15N3S. The fourth-order valence-corrected chi connectivity index (χ4v) is 3.00. The van der Waals surface area contributed by atoms with Crippen molar-refractivity contribution >= 4 is 11.3 Å². The summed E-state index contributed by atoms with van der Waals surface area (Å²) >= 11 is 1.68. The Hall–Kier alpha value is -1.26. The van der Waals surface area contributed by atoms with Crippen LogP contribution in [0.25, 0.3) is 10.7 Å². The molecule has 0 saturated carbocycles. The molecule has 1 aliphatic heterocycles. The van der Waals surface area contributed by atoms with Gasteiger partial charge in [-0.1, -0.05) is 6.07 Å². The van der Waals surface area contributed by atoms with Gasteiger partial charge in [-0.2, -0.15) is 0 Å². The molecule has 1 aliphatic rings. The third-order valence-electron chi connectivity index (χ3n) is 3.05. The maximum absolute atomic E-state index is 4.70. The van der Waals surface area contributed by atoms with E-state index in [4.69, 9.17) is 4.98 Å². The van der Waals surface area contributed by atoms with E-state index >= 15 is 0 Å². The molecule has 0 aromatic carbocycles. The van der Waals surface area contributed by atoms with Crippen molar-refractivity contribution in [3.05, 3.63) is 35.0 Å². The van der Waals surface area contributed by atoms with Gasteiger partial charge in [0, 0.05) is 11.1 Å². The molecule has 88 valence electrons. The summed E-state index contributed by atoms with van der Waals surface area (Å²) in [5.41, 5.74) is 3.20. The first-order chi connectivity index (χ1) is 8.33. The van der Waals surface area contributed by atoms with Crippen LogP contribution in [0.15, 0.2) is 23.6 Å². The van der Waals surface area contributed by atoms with Crippen LogP contribution in [-0.2, 0) is 0 Å². The van der Waals surface area contributed by atoms with Crippen LogP contribution < -0.4 is 5.32 Å². The van der Waals surface area contributed by atoms with Gasteiger partial charge in [0.2, 0.25) is 0 Å². The summed E-state index contributed by atoms with van der Waals surface area (Å²) in [5, 5.41) is 6.65. The maximum Gasteiger partial charge on any atom is 0.142 e. The second-order valence-electron chi connectivity index (χ2n) is 4.39. The van der Waals surface area contributed by atoms with Crippen molar-refractivity contribution in [1.82, 2.24) is 15.3 Å². The Bertz CT molecular complexity index is 515. The van der Waals surface area contributed by atoms with Crippen LogP contribution in [0.1, 0.15) is 30.3 Å². The molecule has 2 aromatic heterocycles. The highest BCUT2D eigenvalue weighted by Gasteiger charge is 2.19. The average Bonchev–Trinajstić information content (AvgIpc) is 3.00. The van der Waals surface area contributed by atoms with Crippen LogP contribution >= 0.6 is 11.3 Å². The molecule has 0 unspecified atom stereocenters. The summed E-state index contributed by atoms with van der Waals surface area (Å²) in [6.45, 7) is 3.12. The van der Waals surface area contributed by atoms with E-state index in [2.05, 4.69) is 15.7 Å². The molecule has 1 N–H and O–H groups in total. The molecule has 0 bridgehead atoms. The molecule has 1 atom stereocenters. The highest BCUT2D eigenvalue weighted by atomic mass is 32.1. The highest BCUT2D eigenvalue weighted by Crippen LogP contribution is 2.28. The van der Waals surface area contributed by atoms with Crippen molar-refractivity contribution in [1.29, 1.82) is 0 Å². The Balaban J connectivity index is 1.89. The number of thiazole rings is 1. The van der Waals surface area contributed by atoms with Gasteiger partial charge in [0.05, 0.1) is 17.4 Å². The normalized spacial score (nSPS) is 19.7. The fourth-order valence-electron chi connectivity index (χ4n) is 2.16. The lowest BCUT2D eigenvalue weighted by molar-refractivity contribution is 0.632. The number of aromatic nitrogens is 2. The summed E-state index contributed by atoms with van der Waals surface area (Å²) in [7, 11) is 0. The lowest BCUT2D eigenvalue weighted by Crippen LogP contribution is -2.12. The molecule has 3 heterocycles. The van der Waals surface area contributed by atoms with E-state index in [0.717, 1.165) is 22.9 Å². The summed E-state index contributed by atoms with van der Waals surface area (Å²) in [6, 6.07) is 6.52. The molecule has 3 rings (SSSR count). The minimum absolute atomic E-state index is 0.449. The maximum atomic E-state index is 4.70. The zero-order chi connectivity index (χ0) is 11.7. The summed E-state index contributed by atoms with van der Waals surface area (Å²) in [6.07, 6.45) is 2.45. The molecule has 0 spiro atoms. The molecule has 0 radical (unpaired) electrons. The quantitative estimate of drug-likeness (QED) is 0.884. The Morgan fingerprint density at radius 1 is 1.35 bits per heavy atom. The van der Waals surface area contributed by atoms with Crippen molar-refractivity contribution < 1.29 is 0 Å². The van der Waals surface area contributed by atoms with E-state index in [1.54, 1.807) is 11.3 Å². The molecule has 4 heteroatoms. The zero-order valence-corrected chi connectivity index (χ0v) is 10.6.